The zero-order valence-electron chi connectivity index (χ0n) is 14.8. The third-order valence-electron chi connectivity index (χ3n) is 4.20. The Morgan fingerprint density at radius 3 is 2.38 bits per heavy atom. The maximum absolute atomic E-state index is 12.8. The molecule has 1 N–H and O–H groups in total. The van der Waals surface area contributed by atoms with Crippen LogP contribution in [0.1, 0.15) is 12.7 Å². The van der Waals surface area contributed by atoms with Crippen LogP contribution in [-0.4, -0.2) is 55.4 Å². The molecular formula is C17H22BrN5O2S. The molecule has 0 spiro atoms. The van der Waals surface area contributed by atoms with E-state index in [1.54, 1.807) is 24.3 Å². The van der Waals surface area contributed by atoms with Crippen molar-refractivity contribution in [1.82, 2.24) is 14.3 Å². The van der Waals surface area contributed by atoms with Gasteiger partial charge in [0.2, 0.25) is 10.0 Å². The zero-order chi connectivity index (χ0) is 18.7. The highest BCUT2D eigenvalue weighted by atomic mass is 79.9. The van der Waals surface area contributed by atoms with E-state index in [0.29, 0.717) is 36.9 Å². The molecule has 2 aromatic rings. The summed E-state index contributed by atoms with van der Waals surface area (Å²) in [7, 11) is -3.47. The Morgan fingerprint density at radius 2 is 1.77 bits per heavy atom. The number of anilines is 2. The van der Waals surface area contributed by atoms with Crippen molar-refractivity contribution >= 4 is 37.6 Å². The summed E-state index contributed by atoms with van der Waals surface area (Å²) in [5, 5.41) is 3.20. The predicted molar refractivity (Wildman–Crippen MR) is 106 cm³/mol. The zero-order valence-corrected chi connectivity index (χ0v) is 17.2. The van der Waals surface area contributed by atoms with Gasteiger partial charge in [-0.25, -0.2) is 18.4 Å². The van der Waals surface area contributed by atoms with Crippen molar-refractivity contribution in [2.24, 2.45) is 0 Å². The number of hydrogen-bond acceptors (Lipinski definition) is 6. The molecule has 9 heteroatoms. The van der Waals surface area contributed by atoms with Crippen LogP contribution in [0.2, 0.25) is 0 Å². The molecule has 0 amide bonds. The van der Waals surface area contributed by atoms with E-state index in [9.17, 15) is 8.42 Å². The average Bonchev–Trinajstić information content (AvgIpc) is 2.62. The van der Waals surface area contributed by atoms with Crippen LogP contribution in [0.3, 0.4) is 0 Å². The Morgan fingerprint density at radius 1 is 1.12 bits per heavy atom. The van der Waals surface area contributed by atoms with Crippen LogP contribution >= 0.6 is 15.9 Å². The SMILES string of the molecule is CCNc1cc(N2CCN(S(=O)(=O)c3ccc(Br)cc3)CC2)nc(C)n1. The van der Waals surface area contributed by atoms with E-state index < -0.39 is 10.0 Å². The van der Waals surface area contributed by atoms with Crippen molar-refractivity contribution < 1.29 is 8.42 Å². The number of nitrogens with one attached hydrogen (secondary N) is 1. The first-order valence-corrected chi connectivity index (χ1v) is 10.7. The molecule has 1 fully saturated rings. The Hall–Kier alpha value is -1.71. The van der Waals surface area contributed by atoms with Gasteiger partial charge in [-0.15, -0.1) is 0 Å². The molecule has 1 aromatic heterocycles. The fraction of sp³-hybridized carbons (Fsp3) is 0.412. The first-order chi connectivity index (χ1) is 12.4. The van der Waals surface area contributed by atoms with Gasteiger partial charge in [0.15, 0.2) is 0 Å². The van der Waals surface area contributed by atoms with Gasteiger partial charge in [0.25, 0.3) is 0 Å². The van der Waals surface area contributed by atoms with Crippen LogP contribution in [0.15, 0.2) is 39.7 Å². The quantitative estimate of drug-likeness (QED) is 0.770. The summed E-state index contributed by atoms with van der Waals surface area (Å²) in [6, 6.07) is 8.66. The fourth-order valence-electron chi connectivity index (χ4n) is 2.90. The Balaban J connectivity index is 1.72. The first kappa shape index (κ1) is 19.1. The second-order valence-electron chi connectivity index (χ2n) is 6.03. The van der Waals surface area contributed by atoms with Crippen molar-refractivity contribution in [2.45, 2.75) is 18.7 Å². The number of rotatable bonds is 5. The van der Waals surface area contributed by atoms with E-state index in [2.05, 4.69) is 36.1 Å². The van der Waals surface area contributed by atoms with Crippen molar-refractivity contribution in [3.63, 3.8) is 0 Å². The molecule has 7 nitrogen and oxygen atoms in total. The van der Waals surface area contributed by atoms with Crippen molar-refractivity contribution in [2.75, 3.05) is 42.9 Å². The van der Waals surface area contributed by atoms with E-state index in [4.69, 9.17) is 0 Å². The van der Waals surface area contributed by atoms with E-state index in [0.717, 1.165) is 22.7 Å². The van der Waals surface area contributed by atoms with Crippen LogP contribution < -0.4 is 10.2 Å². The molecule has 1 saturated heterocycles. The lowest BCUT2D eigenvalue weighted by atomic mass is 10.3. The Bertz CT molecular complexity index is 865. The molecule has 0 radical (unpaired) electrons. The maximum atomic E-state index is 12.8. The minimum atomic E-state index is -3.47. The molecule has 2 heterocycles. The van der Waals surface area contributed by atoms with Crippen molar-refractivity contribution in [3.05, 3.63) is 40.6 Å². The van der Waals surface area contributed by atoms with E-state index >= 15 is 0 Å². The third kappa shape index (κ3) is 4.16. The minimum Gasteiger partial charge on any atom is -0.370 e. The van der Waals surface area contributed by atoms with Gasteiger partial charge in [0.05, 0.1) is 4.90 Å². The van der Waals surface area contributed by atoms with Crippen LogP contribution in [0.25, 0.3) is 0 Å². The lowest BCUT2D eigenvalue weighted by molar-refractivity contribution is 0.383. The van der Waals surface area contributed by atoms with Crippen LogP contribution in [0, 0.1) is 6.92 Å². The lowest BCUT2D eigenvalue weighted by Gasteiger charge is -2.34. The average molecular weight is 440 g/mol. The monoisotopic (exact) mass is 439 g/mol. The van der Waals surface area contributed by atoms with Gasteiger partial charge in [0.1, 0.15) is 17.5 Å². The number of hydrogen-bond donors (Lipinski definition) is 1. The van der Waals surface area contributed by atoms with Gasteiger partial charge < -0.3 is 10.2 Å². The van der Waals surface area contributed by atoms with E-state index in [1.807, 2.05) is 19.9 Å². The van der Waals surface area contributed by atoms with E-state index in [1.165, 1.54) is 4.31 Å². The molecule has 1 aromatic carbocycles. The first-order valence-electron chi connectivity index (χ1n) is 8.50. The van der Waals surface area contributed by atoms with E-state index in [-0.39, 0.29) is 0 Å². The largest absolute Gasteiger partial charge is 0.370 e. The number of aromatic nitrogens is 2. The highest BCUT2D eigenvalue weighted by Crippen LogP contribution is 2.22. The van der Waals surface area contributed by atoms with Gasteiger partial charge >= 0.3 is 0 Å². The normalized spacial score (nSPS) is 15.9. The smallest absolute Gasteiger partial charge is 0.243 e. The molecule has 0 saturated carbocycles. The van der Waals surface area contributed by atoms with Crippen molar-refractivity contribution in [1.29, 1.82) is 0 Å². The lowest BCUT2D eigenvalue weighted by Crippen LogP contribution is -2.49. The molecule has 140 valence electrons. The molecular weight excluding hydrogens is 418 g/mol. The number of piperazine rings is 1. The van der Waals surface area contributed by atoms with Crippen LogP contribution in [0.4, 0.5) is 11.6 Å². The molecule has 1 aliphatic rings. The van der Waals surface area contributed by atoms with Gasteiger partial charge in [-0.05, 0) is 38.1 Å². The number of aryl methyl sites for hydroxylation is 1. The molecule has 0 aliphatic carbocycles. The van der Waals surface area contributed by atoms with Gasteiger partial charge in [0, 0.05) is 43.3 Å². The van der Waals surface area contributed by atoms with Gasteiger partial charge in [-0.2, -0.15) is 4.31 Å². The van der Waals surface area contributed by atoms with Gasteiger partial charge in [-0.3, -0.25) is 0 Å². The Kier molecular flexibility index (Phi) is 5.79. The summed E-state index contributed by atoms with van der Waals surface area (Å²) in [4.78, 5) is 11.3. The molecule has 0 atom stereocenters. The van der Waals surface area contributed by atoms with Crippen LogP contribution in [0.5, 0.6) is 0 Å². The number of halogens is 1. The second-order valence-corrected chi connectivity index (χ2v) is 8.89. The predicted octanol–water partition coefficient (Wildman–Crippen LogP) is 2.49. The standard InChI is InChI=1S/C17H22BrN5O2S/c1-3-19-16-12-17(21-13(2)20-16)22-8-10-23(11-9-22)26(24,25)15-6-4-14(18)5-7-15/h4-7,12H,3,8-11H2,1-2H3,(H,19,20,21). The number of nitrogens with zero attached hydrogens (tertiary/aromatic N) is 4. The van der Waals surface area contributed by atoms with Crippen LogP contribution in [-0.2, 0) is 10.0 Å². The summed E-state index contributed by atoms with van der Waals surface area (Å²) in [6.45, 7) is 6.71. The molecule has 0 bridgehead atoms. The molecule has 1 aliphatic heterocycles. The third-order valence-corrected chi connectivity index (χ3v) is 6.64. The fourth-order valence-corrected chi connectivity index (χ4v) is 4.59. The summed E-state index contributed by atoms with van der Waals surface area (Å²) >= 11 is 3.33. The van der Waals surface area contributed by atoms with Crippen molar-refractivity contribution in [3.8, 4) is 0 Å². The Labute approximate surface area is 162 Å². The molecule has 26 heavy (non-hydrogen) atoms. The number of sulfonamides is 1. The summed E-state index contributed by atoms with van der Waals surface area (Å²) in [6.07, 6.45) is 0. The summed E-state index contributed by atoms with van der Waals surface area (Å²) < 4.78 is 28.0. The topological polar surface area (TPSA) is 78.4 Å². The highest BCUT2D eigenvalue weighted by Gasteiger charge is 2.29. The number of benzene rings is 1. The van der Waals surface area contributed by atoms with Gasteiger partial charge in [-0.1, -0.05) is 15.9 Å². The minimum absolute atomic E-state index is 0.321. The molecule has 3 rings (SSSR count). The maximum Gasteiger partial charge on any atom is 0.243 e. The molecule has 0 unspecified atom stereocenters. The summed E-state index contributed by atoms with van der Waals surface area (Å²) in [5.41, 5.74) is 0. The second kappa shape index (κ2) is 7.89. The summed E-state index contributed by atoms with van der Waals surface area (Å²) in [5.74, 6) is 2.32. The highest BCUT2D eigenvalue weighted by molar-refractivity contribution is 9.10.